The van der Waals surface area contributed by atoms with Gasteiger partial charge in [-0.3, -0.25) is 0 Å². The van der Waals surface area contributed by atoms with E-state index in [-0.39, 0.29) is 18.2 Å². The van der Waals surface area contributed by atoms with Gasteiger partial charge in [-0.1, -0.05) is 23.9 Å². The van der Waals surface area contributed by atoms with Crippen molar-refractivity contribution in [2.45, 2.75) is 68.9 Å². The van der Waals surface area contributed by atoms with E-state index in [1.54, 1.807) is 16.4 Å². The molecule has 4 atom stereocenters. The second-order valence-corrected chi connectivity index (χ2v) is 7.94. The molecule has 0 spiro atoms. The van der Waals surface area contributed by atoms with Crippen LogP contribution in [0, 0.1) is 0 Å². The highest BCUT2D eigenvalue weighted by Gasteiger charge is 2.55. The Labute approximate surface area is 149 Å². The zero-order valence-electron chi connectivity index (χ0n) is 14.4. The molecule has 2 aromatic heterocycles. The van der Waals surface area contributed by atoms with Gasteiger partial charge in [0.25, 0.3) is 0 Å². The first-order valence-electron chi connectivity index (χ1n) is 8.44. The minimum Gasteiger partial charge on any atom is -0.390 e. The van der Waals surface area contributed by atoms with Crippen molar-refractivity contribution < 1.29 is 14.6 Å². The number of nitrogen functional groups attached to an aromatic ring is 1. The normalized spacial score (nSPS) is 30.9. The maximum atomic E-state index is 10.4. The molecule has 0 amide bonds. The molecule has 10 heteroatoms. The zero-order chi connectivity index (χ0) is 17.8. The fourth-order valence-electron chi connectivity index (χ4n) is 3.48. The number of anilines is 1. The fraction of sp³-hybridized carbons (Fsp3) is 0.733. The molecular weight excluding hydrogens is 344 g/mol. The molecule has 4 unspecified atom stereocenters. The van der Waals surface area contributed by atoms with Gasteiger partial charge < -0.3 is 20.3 Å². The van der Waals surface area contributed by atoms with E-state index in [1.807, 2.05) is 13.8 Å². The molecule has 3 N–H and O–H groups in total. The summed E-state index contributed by atoms with van der Waals surface area (Å²) in [5.74, 6) is 0.486. The molecule has 1 saturated carbocycles. The molecule has 0 radical (unpaired) electrons. The summed E-state index contributed by atoms with van der Waals surface area (Å²) in [7, 11) is 0. The number of thioether (sulfide) groups is 1. The van der Waals surface area contributed by atoms with Crippen molar-refractivity contribution in [1.29, 1.82) is 0 Å². The Hall–Kier alpha value is -1.49. The summed E-state index contributed by atoms with van der Waals surface area (Å²) in [5.41, 5.74) is 7.07. The van der Waals surface area contributed by atoms with Crippen LogP contribution in [0.1, 0.15) is 39.7 Å². The first kappa shape index (κ1) is 17.0. The van der Waals surface area contributed by atoms with Crippen molar-refractivity contribution in [3.63, 3.8) is 0 Å². The summed E-state index contributed by atoms with van der Waals surface area (Å²) in [6, 6.07) is -0.217. The van der Waals surface area contributed by atoms with Crippen LogP contribution < -0.4 is 5.73 Å². The van der Waals surface area contributed by atoms with E-state index in [2.05, 4.69) is 27.2 Å². The Balaban J connectivity index is 1.73. The first-order chi connectivity index (χ1) is 11.9. The highest BCUT2D eigenvalue weighted by molar-refractivity contribution is 7.99. The molecule has 2 aliphatic rings. The molecule has 4 rings (SSSR count). The van der Waals surface area contributed by atoms with Crippen LogP contribution in [0.4, 0.5) is 5.82 Å². The van der Waals surface area contributed by atoms with Crippen LogP contribution in [-0.2, 0) is 9.47 Å². The highest BCUT2D eigenvalue weighted by atomic mass is 32.2. The minimum atomic E-state index is -0.735. The van der Waals surface area contributed by atoms with Crippen LogP contribution >= 0.6 is 11.8 Å². The zero-order valence-corrected chi connectivity index (χ0v) is 15.2. The molecule has 2 aromatic rings. The number of ether oxygens (including phenoxy) is 2. The number of hydrogen-bond donors (Lipinski definition) is 2. The van der Waals surface area contributed by atoms with Crippen molar-refractivity contribution in [1.82, 2.24) is 25.0 Å². The van der Waals surface area contributed by atoms with E-state index in [0.717, 1.165) is 12.2 Å². The van der Waals surface area contributed by atoms with E-state index >= 15 is 0 Å². The number of hydrogen-bond acceptors (Lipinski definition) is 9. The summed E-state index contributed by atoms with van der Waals surface area (Å²) < 4.78 is 13.5. The fourth-order valence-corrected chi connectivity index (χ4v) is 4.18. The number of rotatable bonds is 4. The first-order valence-corrected chi connectivity index (χ1v) is 9.43. The Morgan fingerprint density at radius 3 is 2.84 bits per heavy atom. The third kappa shape index (κ3) is 2.86. The highest BCUT2D eigenvalue weighted by Crippen LogP contribution is 2.44. The molecule has 1 aliphatic carbocycles. The molecule has 0 aromatic carbocycles. The summed E-state index contributed by atoms with van der Waals surface area (Å²) in [5, 5.41) is 19.3. The van der Waals surface area contributed by atoms with Gasteiger partial charge in [-0.15, -0.1) is 5.10 Å². The standard InChI is InChI=1S/C15H22N6O3S/c1-4-5-25-14-17-12(16)9-13(18-14)21(20-19-9)7-6-8(22)11-10(7)23-15(2,3)24-11/h7-8,10-11,22H,4-6H2,1-3H3,(H2,16,17,18). The smallest absolute Gasteiger partial charge is 0.191 e. The lowest BCUT2D eigenvalue weighted by atomic mass is 10.2. The van der Waals surface area contributed by atoms with E-state index < -0.39 is 11.9 Å². The Morgan fingerprint density at radius 2 is 2.08 bits per heavy atom. The minimum absolute atomic E-state index is 0.217. The van der Waals surface area contributed by atoms with Crippen LogP contribution in [0.3, 0.4) is 0 Å². The maximum Gasteiger partial charge on any atom is 0.191 e. The summed E-state index contributed by atoms with van der Waals surface area (Å²) >= 11 is 1.55. The second-order valence-electron chi connectivity index (χ2n) is 6.88. The molecule has 9 nitrogen and oxygen atoms in total. The molecule has 136 valence electrons. The number of nitrogens with two attached hydrogens (primary N) is 1. The molecule has 0 bridgehead atoms. The summed E-state index contributed by atoms with van der Waals surface area (Å²) in [6.45, 7) is 5.78. The molecule has 2 fully saturated rings. The molecular formula is C15H22N6O3S. The van der Waals surface area contributed by atoms with Gasteiger partial charge in [-0.25, -0.2) is 14.6 Å². The van der Waals surface area contributed by atoms with Crippen LogP contribution in [0.2, 0.25) is 0 Å². The quantitative estimate of drug-likeness (QED) is 0.605. The van der Waals surface area contributed by atoms with Crippen molar-refractivity contribution in [2.24, 2.45) is 0 Å². The SMILES string of the molecule is CCCSc1nc(N)c2nnn(C3CC(O)C4OC(C)(C)OC43)c2n1. The molecule has 25 heavy (non-hydrogen) atoms. The van der Waals surface area contributed by atoms with E-state index in [0.29, 0.717) is 28.6 Å². The van der Waals surface area contributed by atoms with Gasteiger partial charge in [0, 0.05) is 12.2 Å². The number of nitrogens with zero attached hydrogens (tertiary/aromatic N) is 5. The Bertz CT molecular complexity index is 797. The average Bonchev–Trinajstić information content (AvgIpc) is 3.18. The van der Waals surface area contributed by atoms with Gasteiger partial charge in [0.1, 0.15) is 12.2 Å². The topological polar surface area (TPSA) is 121 Å². The van der Waals surface area contributed by atoms with Gasteiger partial charge in [-0.05, 0) is 20.3 Å². The van der Waals surface area contributed by atoms with Gasteiger partial charge >= 0.3 is 0 Å². The predicted molar refractivity (Wildman–Crippen MR) is 92.0 cm³/mol. The Morgan fingerprint density at radius 1 is 1.32 bits per heavy atom. The number of aliphatic hydroxyl groups is 1. The summed E-state index contributed by atoms with van der Waals surface area (Å²) in [4.78, 5) is 8.88. The van der Waals surface area contributed by atoms with Crippen LogP contribution in [0.25, 0.3) is 11.2 Å². The largest absolute Gasteiger partial charge is 0.390 e. The maximum absolute atomic E-state index is 10.4. The van der Waals surface area contributed by atoms with Gasteiger partial charge in [0.05, 0.1) is 12.1 Å². The summed E-state index contributed by atoms with van der Waals surface area (Å²) in [6.07, 6.45) is 0.169. The molecule has 1 aliphatic heterocycles. The second kappa shape index (κ2) is 6.04. The lowest BCUT2D eigenvalue weighted by molar-refractivity contribution is -0.165. The van der Waals surface area contributed by atoms with Crippen molar-refractivity contribution >= 4 is 28.7 Å². The van der Waals surface area contributed by atoms with E-state index in [4.69, 9.17) is 15.2 Å². The Kier molecular flexibility index (Phi) is 4.10. The van der Waals surface area contributed by atoms with Crippen molar-refractivity contribution in [3.05, 3.63) is 0 Å². The number of aliphatic hydroxyl groups excluding tert-OH is 1. The monoisotopic (exact) mass is 366 g/mol. The van der Waals surface area contributed by atoms with Crippen LogP contribution in [0.15, 0.2) is 5.16 Å². The third-order valence-corrected chi connectivity index (χ3v) is 5.54. The lowest BCUT2D eigenvalue weighted by Gasteiger charge is -2.22. The molecule has 3 heterocycles. The number of aromatic nitrogens is 5. The van der Waals surface area contributed by atoms with Crippen LogP contribution in [-0.4, -0.2) is 59.9 Å². The number of fused-ring (bicyclic) bond motifs is 2. The van der Waals surface area contributed by atoms with Crippen LogP contribution in [0.5, 0.6) is 0 Å². The van der Waals surface area contributed by atoms with Crippen molar-refractivity contribution in [3.8, 4) is 0 Å². The van der Waals surface area contributed by atoms with Crippen molar-refractivity contribution in [2.75, 3.05) is 11.5 Å². The van der Waals surface area contributed by atoms with E-state index in [9.17, 15) is 5.11 Å². The van der Waals surface area contributed by atoms with Gasteiger partial charge in [0.15, 0.2) is 27.9 Å². The van der Waals surface area contributed by atoms with Gasteiger partial charge in [0.2, 0.25) is 0 Å². The van der Waals surface area contributed by atoms with E-state index in [1.165, 1.54) is 0 Å². The molecule has 1 saturated heterocycles. The predicted octanol–water partition coefficient (Wildman–Crippen LogP) is 1.13. The average molecular weight is 366 g/mol. The lowest BCUT2D eigenvalue weighted by Crippen LogP contribution is -2.29. The van der Waals surface area contributed by atoms with Gasteiger partial charge in [-0.2, -0.15) is 0 Å². The third-order valence-electron chi connectivity index (χ3n) is 4.48.